The maximum absolute atomic E-state index is 3.75. The van der Waals surface area contributed by atoms with E-state index in [2.05, 4.69) is 36.1 Å². The van der Waals surface area contributed by atoms with Crippen LogP contribution >= 0.6 is 0 Å². The lowest BCUT2D eigenvalue weighted by molar-refractivity contribution is 0.0752. The molecule has 118 valence electrons. The molecule has 0 spiro atoms. The molecule has 1 saturated carbocycles. The Bertz CT molecular complexity index is 273. The molecule has 1 N–H and O–H groups in total. The van der Waals surface area contributed by atoms with Gasteiger partial charge in [-0.05, 0) is 78.3 Å². The Kier molecular flexibility index (Phi) is 6.31. The summed E-state index contributed by atoms with van der Waals surface area (Å²) in [4.78, 5) is 5.10. The molecular formula is C17H35N3. The molecule has 1 aliphatic heterocycles. The van der Waals surface area contributed by atoms with E-state index in [4.69, 9.17) is 0 Å². The highest BCUT2D eigenvalue weighted by atomic mass is 15.2. The summed E-state index contributed by atoms with van der Waals surface area (Å²) >= 11 is 0. The third kappa shape index (κ3) is 4.44. The Balaban J connectivity index is 1.66. The molecule has 1 saturated heterocycles. The smallest absolute Gasteiger partial charge is 0.0330 e. The number of likely N-dealkylation sites (tertiary alicyclic amines) is 1. The van der Waals surface area contributed by atoms with E-state index in [1.165, 1.54) is 77.7 Å². The van der Waals surface area contributed by atoms with Gasteiger partial charge in [0.2, 0.25) is 0 Å². The van der Waals surface area contributed by atoms with Gasteiger partial charge in [-0.3, -0.25) is 0 Å². The van der Waals surface area contributed by atoms with Crippen LogP contribution in [0.4, 0.5) is 0 Å². The first-order valence-electron chi connectivity index (χ1n) is 8.73. The molecule has 0 aromatic rings. The first-order chi connectivity index (χ1) is 9.62. The maximum Gasteiger partial charge on any atom is 0.0330 e. The average molecular weight is 281 g/mol. The van der Waals surface area contributed by atoms with Gasteiger partial charge in [-0.25, -0.2) is 0 Å². The molecule has 1 heterocycles. The zero-order chi connectivity index (χ0) is 14.4. The molecule has 0 radical (unpaired) electrons. The quantitative estimate of drug-likeness (QED) is 0.724. The van der Waals surface area contributed by atoms with Crippen LogP contribution in [0.1, 0.15) is 51.9 Å². The zero-order valence-electron chi connectivity index (χ0n) is 14.0. The van der Waals surface area contributed by atoms with Crippen LogP contribution in [-0.4, -0.2) is 62.2 Å². The lowest BCUT2D eigenvalue weighted by Crippen LogP contribution is -2.54. The summed E-state index contributed by atoms with van der Waals surface area (Å²) in [6, 6.07) is 0. The first kappa shape index (κ1) is 16.3. The topological polar surface area (TPSA) is 18.5 Å². The second kappa shape index (κ2) is 7.77. The fourth-order valence-electron chi connectivity index (χ4n) is 4.11. The molecular weight excluding hydrogens is 246 g/mol. The molecule has 2 unspecified atom stereocenters. The van der Waals surface area contributed by atoms with Crippen molar-refractivity contribution in [1.82, 2.24) is 15.1 Å². The highest BCUT2D eigenvalue weighted by molar-refractivity contribution is 4.94. The summed E-state index contributed by atoms with van der Waals surface area (Å²) in [5.74, 6) is 0.887. The molecule has 2 fully saturated rings. The van der Waals surface area contributed by atoms with E-state index in [0.29, 0.717) is 5.54 Å². The molecule has 0 aromatic heterocycles. The largest absolute Gasteiger partial charge is 0.315 e. The van der Waals surface area contributed by atoms with E-state index in [1.54, 1.807) is 0 Å². The van der Waals surface area contributed by atoms with Crippen molar-refractivity contribution in [2.24, 2.45) is 5.92 Å². The summed E-state index contributed by atoms with van der Waals surface area (Å²) in [6.07, 6.45) is 9.67. The Hall–Kier alpha value is -0.120. The van der Waals surface area contributed by atoms with Gasteiger partial charge in [0.15, 0.2) is 0 Å². The van der Waals surface area contributed by atoms with Gasteiger partial charge < -0.3 is 15.1 Å². The number of hydrogen-bond donors (Lipinski definition) is 1. The summed E-state index contributed by atoms with van der Waals surface area (Å²) < 4.78 is 0. The molecule has 1 aliphatic carbocycles. The van der Waals surface area contributed by atoms with E-state index in [1.807, 2.05) is 0 Å². The molecule has 0 amide bonds. The molecule has 2 atom stereocenters. The molecule has 3 heteroatoms. The maximum atomic E-state index is 3.75. The molecule has 0 aromatic carbocycles. The zero-order valence-corrected chi connectivity index (χ0v) is 14.0. The monoisotopic (exact) mass is 281 g/mol. The van der Waals surface area contributed by atoms with Gasteiger partial charge in [0.25, 0.3) is 0 Å². The Morgan fingerprint density at radius 1 is 1.20 bits per heavy atom. The minimum atomic E-state index is 0.408. The van der Waals surface area contributed by atoms with Crippen LogP contribution in [0.2, 0.25) is 0 Å². The molecule has 0 bridgehead atoms. The third-order valence-corrected chi connectivity index (χ3v) is 5.50. The average Bonchev–Trinajstić information content (AvgIpc) is 2.91. The van der Waals surface area contributed by atoms with E-state index in [9.17, 15) is 0 Å². The predicted molar refractivity (Wildman–Crippen MR) is 87.2 cm³/mol. The lowest BCUT2D eigenvalue weighted by Gasteiger charge is -2.45. The summed E-state index contributed by atoms with van der Waals surface area (Å²) in [5, 5.41) is 3.75. The minimum Gasteiger partial charge on any atom is -0.315 e. The van der Waals surface area contributed by atoms with E-state index in [0.717, 1.165) is 5.92 Å². The van der Waals surface area contributed by atoms with Crippen LogP contribution in [0.5, 0.6) is 0 Å². The standard InChI is InChI=1S/C17H35N3/c1-16-8-6-9-17(14-16,19(2)3)15-18-10-7-13-20-11-4-5-12-20/h16,18H,4-15H2,1-3H3. The fraction of sp³-hybridized carbons (Fsp3) is 1.00. The van der Waals surface area contributed by atoms with Crippen LogP contribution in [0, 0.1) is 5.92 Å². The van der Waals surface area contributed by atoms with Gasteiger partial charge in [-0.2, -0.15) is 0 Å². The summed E-state index contributed by atoms with van der Waals surface area (Å²) in [7, 11) is 4.54. The highest BCUT2D eigenvalue weighted by Gasteiger charge is 2.36. The van der Waals surface area contributed by atoms with Crippen molar-refractivity contribution in [3.8, 4) is 0 Å². The van der Waals surface area contributed by atoms with Crippen molar-refractivity contribution in [3.05, 3.63) is 0 Å². The van der Waals surface area contributed by atoms with E-state index in [-0.39, 0.29) is 0 Å². The molecule has 20 heavy (non-hydrogen) atoms. The second-order valence-electron chi connectivity index (χ2n) is 7.40. The highest BCUT2D eigenvalue weighted by Crippen LogP contribution is 2.35. The van der Waals surface area contributed by atoms with Gasteiger partial charge in [0.05, 0.1) is 0 Å². The molecule has 2 rings (SSSR count). The lowest BCUT2D eigenvalue weighted by atomic mass is 9.75. The van der Waals surface area contributed by atoms with Crippen LogP contribution in [0.25, 0.3) is 0 Å². The van der Waals surface area contributed by atoms with Gasteiger partial charge in [-0.1, -0.05) is 19.8 Å². The third-order valence-electron chi connectivity index (χ3n) is 5.50. The van der Waals surface area contributed by atoms with Crippen LogP contribution < -0.4 is 5.32 Å². The van der Waals surface area contributed by atoms with Crippen molar-refractivity contribution >= 4 is 0 Å². The molecule has 2 aliphatic rings. The van der Waals surface area contributed by atoms with Crippen molar-refractivity contribution in [2.75, 3.05) is 46.8 Å². The van der Waals surface area contributed by atoms with Gasteiger partial charge in [-0.15, -0.1) is 0 Å². The number of nitrogens with zero attached hydrogens (tertiary/aromatic N) is 2. The van der Waals surface area contributed by atoms with E-state index < -0.39 is 0 Å². The van der Waals surface area contributed by atoms with Gasteiger partial charge in [0.1, 0.15) is 0 Å². The number of likely N-dealkylation sites (N-methyl/N-ethyl adjacent to an activating group) is 1. The van der Waals surface area contributed by atoms with Crippen LogP contribution in [0.15, 0.2) is 0 Å². The predicted octanol–water partition coefficient (Wildman–Crippen LogP) is 2.57. The number of nitrogens with one attached hydrogen (secondary N) is 1. The second-order valence-corrected chi connectivity index (χ2v) is 7.40. The van der Waals surface area contributed by atoms with Crippen molar-refractivity contribution < 1.29 is 0 Å². The van der Waals surface area contributed by atoms with Crippen LogP contribution in [0.3, 0.4) is 0 Å². The number of rotatable bonds is 7. The minimum absolute atomic E-state index is 0.408. The Morgan fingerprint density at radius 2 is 1.95 bits per heavy atom. The van der Waals surface area contributed by atoms with E-state index >= 15 is 0 Å². The van der Waals surface area contributed by atoms with Crippen molar-refractivity contribution in [1.29, 1.82) is 0 Å². The fourth-order valence-corrected chi connectivity index (χ4v) is 4.11. The summed E-state index contributed by atoms with van der Waals surface area (Å²) in [6.45, 7) is 8.73. The van der Waals surface area contributed by atoms with Crippen molar-refractivity contribution in [2.45, 2.75) is 57.4 Å². The van der Waals surface area contributed by atoms with Gasteiger partial charge in [0, 0.05) is 12.1 Å². The van der Waals surface area contributed by atoms with Gasteiger partial charge >= 0.3 is 0 Å². The van der Waals surface area contributed by atoms with Crippen LogP contribution in [-0.2, 0) is 0 Å². The molecule has 3 nitrogen and oxygen atoms in total. The van der Waals surface area contributed by atoms with Crippen molar-refractivity contribution in [3.63, 3.8) is 0 Å². The Morgan fingerprint density at radius 3 is 2.60 bits per heavy atom. The first-order valence-corrected chi connectivity index (χ1v) is 8.73. The Labute approximate surface area is 126 Å². The number of hydrogen-bond acceptors (Lipinski definition) is 3. The summed E-state index contributed by atoms with van der Waals surface area (Å²) in [5.41, 5.74) is 0.408. The SMILES string of the molecule is CC1CCCC(CNCCCN2CCCC2)(N(C)C)C1. The normalized spacial score (nSPS) is 32.1.